The highest BCUT2D eigenvalue weighted by atomic mass is 16.6. The minimum atomic E-state index is 0.0336. The molecule has 1 heterocycles. The molecule has 0 saturated carbocycles. The lowest BCUT2D eigenvalue weighted by Gasteiger charge is -1.99. The van der Waals surface area contributed by atoms with Gasteiger partial charge in [-0.15, -0.1) is 4.91 Å². The van der Waals surface area contributed by atoms with Crippen LogP contribution in [0, 0.1) is 4.91 Å². The molecule has 2 rings (SSSR count). The van der Waals surface area contributed by atoms with Crippen molar-refractivity contribution in [2.24, 2.45) is 5.18 Å². The molecule has 5 nitrogen and oxygen atoms in total. The van der Waals surface area contributed by atoms with Gasteiger partial charge in [0.2, 0.25) is 0 Å². The molecule has 0 radical (unpaired) electrons. The number of nitrogens with zero attached hydrogens (tertiary/aromatic N) is 1. The Bertz CT molecular complexity index is 461. The van der Waals surface area contributed by atoms with Crippen LogP contribution in [0.2, 0.25) is 0 Å². The minimum Gasteiger partial charge on any atom is -0.434 e. The summed E-state index contributed by atoms with van der Waals surface area (Å²) in [5.41, 5.74) is 3.79. The number of furan rings is 1. The molecule has 1 N–H and O–H groups in total. The van der Waals surface area contributed by atoms with Crippen LogP contribution in [0.3, 0.4) is 0 Å². The lowest BCUT2D eigenvalue weighted by molar-refractivity contribution is 0.270. The standard InChI is InChI=1S/C9H10N2O3/c1-13-11-8-6-4-2-3-5-7(6)14-9(8)10-12/h4-5,11H,2-3H2,1H3. The van der Waals surface area contributed by atoms with Crippen molar-refractivity contribution in [3.8, 4) is 0 Å². The van der Waals surface area contributed by atoms with Crippen LogP contribution in [0.15, 0.2) is 9.59 Å². The van der Waals surface area contributed by atoms with Gasteiger partial charge in [-0.25, -0.2) is 0 Å². The molecule has 0 fully saturated rings. The molecule has 0 bridgehead atoms. The first kappa shape index (κ1) is 8.96. The number of rotatable bonds is 3. The maximum absolute atomic E-state index is 10.5. The molecular formula is C9H10N2O3. The molecule has 1 aliphatic carbocycles. The topological polar surface area (TPSA) is 63.8 Å². The van der Waals surface area contributed by atoms with Crippen LogP contribution in [0.5, 0.6) is 0 Å². The maximum Gasteiger partial charge on any atom is 0.287 e. The van der Waals surface area contributed by atoms with E-state index in [1.807, 2.05) is 12.2 Å². The number of anilines is 1. The van der Waals surface area contributed by atoms with Gasteiger partial charge in [-0.05, 0) is 18.9 Å². The van der Waals surface area contributed by atoms with Gasteiger partial charge < -0.3 is 4.42 Å². The third-order valence-corrected chi connectivity index (χ3v) is 2.09. The van der Waals surface area contributed by atoms with Crippen LogP contribution in [-0.2, 0) is 4.84 Å². The van der Waals surface area contributed by atoms with E-state index in [4.69, 9.17) is 9.25 Å². The predicted octanol–water partition coefficient (Wildman–Crippen LogP) is 1.01. The number of hydrogen-bond donors (Lipinski definition) is 1. The Kier molecular flexibility index (Phi) is 2.32. The molecule has 0 spiro atoms. The van der Waals surface area contributed by atoms with Gasteiger partial charge in [-0.1, -0.05) is 6.08 Å². The van der Waals surface area contributed by atoms with Crippen molar-refractivity contribution in [2.45, 2.75) is 12.8 Å². The second kappa shape index (κ2) is 3.63. The average molecular weight is 194 g/mol. The maximum atomic E-state index is 10.5. The van der Waals surface area contributed by atoms with Crippen LogP contribution < -0.4 is 16.1 Å². The van der Waals surface area contributed by atoms with Crippen molar-refractivity contribution in [2.75, 3.05) is 12.6 Å². The van der Waals surface area contributed by atoms with Crippen LogP contribution in [0.1, 0.15) is 12.8 Å². The van der Waals surface area contributed by atoms with E-state index in [0.717, 1.165) is 18.1 Å². The van der Waals surface area contributed by atoms with Crippen molar-refractivity contribution in [1.82, 2.24) is 0 Å². The summed E-state index contributed by atoms with van der Waals surface area (Å²) in [6.45, 7) is 0. The summed E-state index contributed by atoms with van der Waals surface area (Å²) in [5.74, 6) is 0.0336. The molecule has 0 unspecified atom stereocenters. The van der Waals surface area contributed by atoms with Crippen LogP contribution in [0.4, 0.5) is 11.6 Å². The molecule has 74 valence electrons. The van der Waals surface area contributed by atoms with Crippen molar-refractivity contribution >= 4 is 23.7 Å². The number of fused-ring (bicyclic) bond motifs is 1. The minimum absolute atomic E-state index is 0.0336. The second-order valence-corrected chi connectivity index (χ2v) is 2.94. The van der Waals surface area contributed by atoms with Crippen LogP contribution in [0.25, 0.3) is 12.2 Å². The highest BCUT2D eigenvalue weighted by molar-refractivity contribution is 5.62. The van der Waals surface area contributed by atoms with Gasteiger partial charge >= 0.3 is 0 Å². The van der Waals surface area contributed by atoms with Gasteiger partial charge in [-0.2, -0.15) is 0 Å². The summed E-state index contributed by atoms with van der Waals surface area (Å²) in [7, 11) is 1.47. The highest BCUT2D eigenvalue weighted by Crippen LogP contribution is 2.19. The molecule has 1 aliphatic rings. The fourth-order valence-corrected chi connectivity index (χ4v) is 1.51. The quantitative estimate of drug-likeness (QED) is 0.576. The Balaban J connectivity index is 2.66. The largest absolute Gasteiger partial charge is 0.434 e. The van der Waals surface area contributed by atoms with Gasteiger partial charge in [0, 0.05) is 10.4 Å². The summed E-state index contributed by atoms with van der Waals surface area (Å²) in [6.07, 6.45) is 5.79. The van der Waals surface area contributed by atoms with Gasteiger partial charge in [0.25, 0.3) is 5.88 Å². The molecule has 1 aromatic rings. The van der Waals surface area contributed by atoms with Crippen LogP contribution >= 0.6 is 0 Å². The SMILES string of the molecule is CONc1c(N=O)oc2c1=CCCC=2. The Labute approximate surface area is 80.0 Å². The summed E-state index contributed by atoms with van der Waals surface area (Å²) in [5, 5.41) is 3.65. The molecule has 14 heavy (non-hydrogen) atoms. The molecule has 5 heteroatoms. The highest BCUT2D eigenvalue weighted by Gasteiger charge is 2.13. The summed E-state index contributed by atoms with van der Waals surface area (Å²) in [4.78, 5) is 15.2. The molecular weight excluding hydrogens is 184 g/mol. The lowest BCUT2D eigenvalue weighted by atomic mass is 10.1. The van der Waals surface area contributed by atoms with E-state index in [0.29, 0.717) is 11.1 Å². The van der Waals surface area contributed by atoms with Crippen molar-refractivity contribution < 1.29 is 9.25 Å². The Hall–Kier alpha value is -1.62. The fraction of sp³-hybridized carbons (Fsp3) is 0.333. The Morgan fingerprint density at radius 2 is 2.29 bits per heavy atom. The van der Waals surface area contributed by atoms with E-state index >= 15 is 0 Å². The number of hydrogen-bond acceptors (Lipinski definition) is 5. The molecule has 0 aromatic carbocycles. The summed E-state index contributed by atoms with van der Waals surface area (Å²) < 4.78 is 5.23. The monoisotopic (exact) mass is 194 g/mol. The van der Waals surface area contributed by atoms with Gasteiger partial charge in [0.15, 0.2) is 0 Å². The van der Waals surface area contributed by atoms with E-state index in [1.54, 1.807) is 0 Å². The molecule has 0 saturated heterocycles. The number of nitroso groups, excluding NO2 is 1. The van der Waals surface area contributed by atoms with E-state index < -0.39 is 0 Å². The van der Waals surface area contributed by atoms with Crippen LogP contribution in [-0.4, -0.2) is 7.11 Å². The summed E-state index contributed by atoms with van der Waals surface area (Å²) in [6, 6.07) is 0. The van der Waals surface area contributed by atoms with Gasteiger partial charge in [0.1, 0.15) is 11.1 Å². The first-order chi connectivity index (χ1) is 6.86. The number of nitrogens with one attached hydrogen (secondary N) is 1. The van der Waals surface area contributed by atoms with Crippen molar-refractivity contribution in [1.29, 1.82) is 0 Å². The normalized spacial score (nSPS) is 13.8. The first-order valence-electron chi connectivity index (χ1n) is 4.32. The zero-order chi connectivity index (χ0) is 9.97. The molecule has 0 amide bonds. The molecule has 0 atom stereocenters. The first-order valence-corrected chi connectivity index (χ1v) is 4.32. The molecule has 0 aliphatic heterocycles. The van der Waals surface area contributed by atoms with E-state index in [1.165, 1.54) is 7.11 Å². The van der Waals surface area contributed by atoms with E-state index in [9.17, 15) is 4.91 Å². The second-order valence-electron chi connectivity index (χ2n) is 2.94. The summed E-state index contributed by atoms with van der Waals surface area (Å²) >= 11 is 0. The fourth-order valence-electron chi connectivity index (χ4n) is 1.51. The van der Waals surface area contributed by atoms with E-state index in [-0.39, 0.29) is 5.88 Å². The molecule has 1 aromatic heterocycles. The van der Waals surface area contributed by atoms with Gasteiger partial charge in [-0.3, -0.25) is 10.3 Å². The Morgan fingerprint density at radius 3 is 3.00 bits per heavy atom. The third-order valence-electron chi connectivity index (χ3n) is 2.09. The lowest BCUT2D eigenvalue weighted by Crippen LogP contribution is -2.24. The van der Waals surface area contributed by atoms with Crippen molar-refractivity contribution in [3.63, 3.8) is 0 Å². The Morgan fingerprint density at radius 1 is 1.50 bits per heavy atom. The average Bonchev–Trinajstić information content (AvgIpc) is 2.58. The van der Waals surface area contributed by atoms with Crippen molar-refractivity contribution in [3.05, 3.63) is 15.5 Å². The third kappa shape index (κ3) is 1.31. The smallest absolute Gasteiger partial charge is 0.287 e. The zero-order valence-electron chi connectivity index (χ0n) is 7.74. The van der Waals surface area contributed by atoms with E-state index in [2.05, 4.69) is 10.7 Å². The predicted molar refractivity (Wildman–Crippen MR) is 52.2 cm³/mol. The zero-order valence-corrected chi connectivity index (χ0v) is 7.74. The van der Waals surface area contributed by atoms with Gasteiger partial charge in [0.05, 0.1) is 7.11 Å².